The molecule has 0 saturated carbocycles. The van der Waals surface area contributed by atoms with Crippen molar-refractivity contribution < 1.29 is 4.74 Å². The van der Waals surface area contributed by atoms with Crippen molar-refractivity contribution in [3.8, 4) is 5.75 Å². The largest absolute Gasteiger partial charge is 0.496 e. The Labute approximate surface area is 111 Å². The molecule has 1 aromatic carbocycles. The van der Waals surface area contributed by atoms with Crippen molar-refractivity contribution in [3.05, 3.63) is 28.8 Å². The minimum atomic E-state index is -0.0993. The summed E-state index contributed by atoms with van der Waals surface area (Å²) in [5.41, 5.74) is 9.69. The Morgan fingerprint density at radius 3 is 2.44 bits per heavy atom. The summed E-state index contributed by atoms with van der Waals surface area (Å²) in [6.07, 6.45) is 0.973. The van der Waals surface area contributed by atoms with E-state index in [1.165, 1.54) is 16.7 Å². The zero-order valence-electron chi connectivity index (χ0n) is 12.3. The van der Waals surface area contributed by atoms with Crippen molar-refractivity contribution in [2.24, 2.45) is 5.73 Å². The Balaban J connectivity index is 2.56. The van der Waals surface area contributed by atoms with Gasteiger partial charge in [-0.15, -0.1) is 0 Å². The van der Waals surface area contributed by atoms with E-state index in [-0.39, 0.29) is 5.54 Å². The van der Waals surface area contributed by atoms with E-state index < -0.39 is 0 Å². The van der Waals surface area contributed by atoms with Crippen LogP contribution in [0.2, 0.25) is 0 Å². The van der Waals surface area contributed by atoms with Gasteiger partial charge in [-0.1, -0.05) is 6.07 Å². The summed E-state index contributed by atoms with van der Waals surface area (Å²) >= 11 is 0. The fourth-order valence-electron chi connectivity index (χ4n) is 1.90. The monoisotopic (exact) mass is 250 g/mol. The Morgan fingerprint density at radius 1 is 1.22 bits per heavy atom. The van der Waals surface area contributed by atoms with Crippen LogP contribution in [-0.4, -0.2) is 19.2 Å². The van der Waals surface area contributed by atoms with E-state index in [1.807, 2.05) is 6.07 Å². The lowest BCUT2D eigenvalue weighted by Gasteiger charge is -2.19. The predicted molar refractivity (Wildman–Crippen MR) is 77.1 cm³/mol. The lowest BCUT2D eigenvalue weighted by Crippen LogP contribution is -2.35. The molecule has 0 fully saturated rings. The van der Waals surface area contributed by atoms with Gasteiger partial charge in [-0.3, -0.25) is 0 Å². The first kappa shape index (κ1) is 15.0. The van der Waals surface area contributed by atoms with Gasteiger partial charge in [0.15, 0.2) is 0 Å². The maximum absolute atomic E-state index is 5.95. The van der Waals surface area contributed by atoms with Crippen LogP contribution in [0.25, 0.3) is 0 Å². The molecule has 0 unspecified atom stereocenters. The fraction of sp³-hybridized carbons (Fsp3) is 0.600. The van der Waals surface area contributed by atoms with Crippen molar-refractivity contribution in [2.45, 2.75) is 46.2 Å². The molecule has 18 heavy (non-hydrogen) atoms. The third kappa shape index (κ3) is 4.31. The van der Waals surface area contributed by atoms with E-state index in [0.29, 0.717) is 0 Å². The van der Waals surface area contributed by atoms with Gasteiger partial charge in [-0.05, 0) is 63.4 Å². The van der Waals surface area contributed by atoms with Crippen LogP contribution < -0.4 is 15.8 Å². The highest BCUT2D eigenvalue weighted by atomic mass is 16.5. The highest BCUT2D eigenvalue weighted by Gasteiger charge is 2.10. The molecule has 0 radical (unpaired) electrons. The SMILES string of the molecule is COc1ccc(CNCCC(C)(C)N)c(C)c1C. The van der Waals surface area contributed by atoms with E-state index >= 15 is 0 Å². The molecule has 0 aliphatic heterocycles. The average molecular weight is 250 g/mol. The minimum absolute atomic E-state index is 0.0993. The minimum Gasteiger partial charge on any atom is -0.496 e. The number of nitrogens with one attached hydrogen (secondary N) is 1. The number of nitrogens with two attached hydrogens (primary N) is 1. The molecule has 102 valence electrons. The highest BCUT2D eigenvalue weighted by Crippen LogP contribution is 2.23. The molecular formula is C15H26N2O. The predicted octanol–water partition coefficient (Wildman–Crippen LogP) is 2.53. The second-order valence-corrected chi connectivity index (χ2v) is 5.59. The molecule has 3 N–H and O–H groups in total. The normalized spacial score (nSPS) is 11.7. The average Bonchev–Trinajstić information content (AvgIpc) is 2.28. The Morgan fingerprint density at radius 2 is 1.89 bits per heavy atom. The van der Waals surface area contributed by atoms with Gasteiger partial charge in [0.05, 0.1) is 7.11 Å². The van der Waals surface area contributed by atoms with Crippen LogP contribution in [0.15, 0.2) is 12.1 Å². The fourth-order valence-corrected chi connectivity index (χ4v) is 1.90. The first-order valence-electron chi connectivity index (χ1n) is 6.48. The first-order valence-corrected chi connectivity index (χ1v) is 6.48. The van der Waals surface area contributed by atoms with Gasteiger partial charge in [-0.25, -0.2) is 0 Å². The van der Waals surface area contributed by atoms with Crippen molar-refractivity contribution >= 4 is 0 Å². The Bertz CT molecular complexity index is 394. The van der Waals surface area contributed by atoms with Gasteiger partial charge in [-0.2, -0.15) is 0 Å². The number of rotatable bonds is 6. The summed E-state index contributed by atoms with van der Waals surface area (Å²) < 4.78 is 5.31. The maximum atomic E-state index is 5.95. The van der Waals surface area contributed by atoms with Crippen LogP contribution in [0.4, 0.5) is 0 Å². The summed E-state index contributed by atoms with van der Waals surface area (Å²) in [5, 5.41) is 3.44. The molecule has 0 heterocycles. The van der Waals surface area contributed by atoms with Gasteiger partial charge in [0.25, 0.3) is 0 Å². The van der Waals surface area contributed by atoms with Gasteiger partial charge >= 0.3 is 0 Å². The summed E-state index contributed by atoms with van der Waals surface area (Å²) in [7, 11) is 1.71. The zero-order chi connectivity index (χ0) is 13.8. The Kier molecular flexibility index (Phi) is 5.17. The third-order valence-electron chi connectivity index (χ3n) is 3.33. The van der Waals surface area contributed by atoms with Crippen LogP contribution in [0, 0.1) is 13.8 Å². The lowest BCUT2D eigenvalue weighted by atomic mass is 10.0. The van der Waals surface area contributed by atoms with Crippen LogP contribution in [-0.2, 0) is 6.54 Å². The smallest absolute Gasteiger partial charge is 0.122 e. The van der Waals surface area contributed by atoms with Gasteiger partial charge in [0.2, 0.25) is 0 Å². The molecule has 0 amide bonds. The second-order valence-electron chi connectivity index (χ2n) is 5.59. The molecule has 0 saturated heterocycles. The molecule has 1 aromatic rings. The molecule has 0 aromatic heterocycles. The first-order chi connectivity index (χ1) is 8.35. The van der Waals surface area contributed by atoms with E-state index in [9.17, 15) is 0 Å². The van der Waals surface area contributed by atoms with Crippen LogP contribution >= 0.6 is 0 Å². The number of methoxy groups -OCH3 is 1. The second kappa shape index (κ2) is 6.21. The maximum Gasteiger partial charge on any atom is 0.122 e. The summed E-state index contributed by atoms with van der Waals surface area (Å²) in [5.74, 6) is 0.958. The molecular weight excluding hydrogens is 224 g/mol. The van der Waals surface area contributed by atoms with Gasteiger partial charge in [0, 0.05) is 12.1 Å². The number of ether oxygens (including phenoxy) is 1. The molecule has 0 bridgehead atoms. The highest BCUT2D eigenvalue weighted by molar-refractivity contribution is 5.43. The van der Waals surface area contributed by atoms with Crippen molar-refractivity contribution in [1.82, 2.24) is 5.32 Å². The van der Waals surface area contributed by atoms with Crippen molar-refractivity contribution in [1.29, 1.82) is 0 Å². The molecule has 3 heteroatoms. The van der Waals surface area contributed by atoms with Gasteiger partial charge in [0.1, 0.15) is 5.75 Å². The number of hydrogen-bond acceptors (Lipinski definition) is 3. The molecule has 0 atom stereocenters. The van der Waals surface area contributed by atoms with Crippen molar-refractivity contribution in [2.75, 3.05) is 13.7 Å². The molecule has 0 aliphatic carbocycles. The number of hydrogen-bond donors (Lipinski definition) is 2. The van der Waals surface area contributed by atoms with E-state index in [1.54, 1.807) is 7.11 Å². The van der Waals surface area contributed by atoms with E-state index in [4.69, 9.17) is 10.5 Å². The van der Waals surface area contributed by atoms with Crippen LogP contribution in [0.1, 0.15) is 37.0 Å². The summed E-state index contributed by atoms with van der Waals surface area (Å²) in [6.45, 7) is 10.2. The lowest BCUT2D eigenvalue weighted by molar-refractivity contribution is 0.411. The quantitative estimate of drug-likeness (QED) is 0.763. The molecule has 1 rings (SSSR count). The molecule has 0 spiro atoms. The molecule has 0 aliphatic rings. The van der Waals surface area contributed by atoms with Crippen molar-refractivity contribution in [3.63, 3.8) is 0 Å². The van der Waals surface area contributed by atoms with E-state index in [2.05, 4.69) is 39.1 Å². The molecule has 3 nitrogen and oxygen atoms in total. The zero-order valence-corrected chi connectivity index (χ0v) is 12.3. The third-order valence-corrected chi connectivity index (χ3v) is 3.33. The topological polar surface area (TPSA) is 47.3 Å². The summed E-state index contributed by atoms with van der Waals surface area (Å²) in [4.78, 5) is 0. The van der Waals surface area contributed by atoms with Crippen LogP contribution in [0.5, 0.6) is 5.75 Å². The standard InChI is InChI=1S/C15H26N2O/c1-11-12(2)14(18-5)7-6-13(11)10-17-9-8-15(3,4)16/h6-7,17H,8-10,16H2,1-5H3. The number of benzene rings is 1. The van der Waals surface area contributed by atoms with Crippen LogP contribution in [0.3, 0.4) is 0 Å². The summed E-state index contributed by atoms with van der Waals surface area (Å²) in [6, 6.07) is 4.16. The Hall–Kier alpha value is -1.06. The van der Waals surface area contributed by atoms with E-state index in [0.717, 1.165) is 25.3 Å². The van der Waals surface area contributed by atoms with Gasteiger partial charge < -0.3 is 15.8 Å².